The molecule has 0 aromatic heterocycles. The molecule has 8 nitrogen and oxygen atoms in total. The predicted octanol–water partition coefficient (Wildman–Crippen LogP) is 4.11. The molecule has 0 atom stereocenters. The lowest BCUT2D eigenvalue weighted by atomic mass is 9.87. The summed E-state index contributed by atoms with van der Waals surface area (Å²) in [5.41, 5.74) is 5.91. The van der Waals surface area contributed by atoms with Crippen molar-refractivity contribution < 1.29 is 16.8 Å². The first-order chi connectivity index (χ1) is 17.8. The molecular formula is C28H30N4O4S2. The summed E-state index contributed by atoms with van der Waals surface area (Å²) in [4.78, 5) is 3.90. The highest BCUT2D eigenvalue weighted by atomic mass is 32.2. The zero-order valence-electron chi connectivity index (χ0n) is 21.6. The molecule has 0 spiro atoms. The van der Waals surface area contributed by atoms with Crippen molar-refractivity contribution in [2.45, 2.75) is 9.79 Å². The predicted molar refractivity (Wildman–Crippen MR) is 154 cm³/mol. The van der Waals surface area contributed by atoms with E-state index >= 15 is 0 Å². The van der Waals surface area contributed by atoms with E-state index in [1.165, 1.54) is 18.2 Å². The van der Waals surface area contributed by atoms with E-state index in [0.717, 1.165) is 16.9 Å². The van der Waals surface area contributed by atoms with Gasteiger partial charge in [-0.2, -0.15) is 0 Å². The second-order valence-corrected chi connectivity index (χ2v) is 12.4. The van der Waals surface area contributed by atoms with Gasteiger partial charge in [0.05, 0.1) is 9.79 Å². The van der Waals surface area contributed by atoms with Gasteiger partial charge < -0.3 is 9.80 Å². The van der Waals surface area contributed by atoms with Crippen molar-refractivity contribution >= 4 is 31.4 Å². The van der Waals surface area contributed by atoms with Crippen molar-refractivity contribution in [1.29, 1.82) is 0 Å². The molecule has 0 saturated heterocycles. The Morgan fingerprint density at radius 3 is 1.32 bits per heavy atom. The van der Waals surface area contributed by atoms with Crippen LogP contribution < -0.4 is 20.1 Å². The van der Waals surface area contributed by atoms with Crippen LogP contribution in [0.1, 0.15) is 0 Å². The maximum absolute atomic E-state index is 12.8. The lowest BCUT2D eigenvalue weighted by Gasteiger charge is -2.21. The van der Waals surface area contributed by atoms with E-state index in [9.17, 15) is 16.8 Å². The molecule has 10 heteroatoms. The smallest absolute Gasteiger partial charge is 0.238 e. The summed E-state index contributed by atoms with van der Waals surface area (Å²) in [6.07, 6.45) is 0. The van der Waals surface area contributed by atoms with Crippen LogP contribution in [0.5, 0.6) is 0 Å². The van der Waals surface area contributed by atoms with Crippen LogP contribution in [0.15, 0.2) is 94.7 Å². The highest BCUT2D eigenvalue weighted by Crippen LogP contribution is 2.44. The van der Waals surface area contributed by atoms with Crippen molar-refractivity contribution in [3.8, 4) is 33.4 Å². The average molecular weight is 551 g/mol. The molecule has 0 amide bonds. The van der Waals surface area contributed by atoms with Gasteiger partial charge in [0.15, 0.2) is 0 Å². The summed E-state index contributed by atoms with van der Waals surface area (Å²) in [6, 6.07) is 24.7. The topological polar surface area (TPSA) is 127 Å². The number of primary sulfonamides is 2. The van der Waals surface area contributed by atoms with Gasteiger partial charge in [-0.3, -0.25) is 0 Å². The molecule has 4 N–H and O–H groups in total. The lowest BCUT2D eigenvalue weighted by Crippen LogP contribution is -2.14. The van der Waals surface area contributed by atoms with Crippen LogP contribution in [0.25, 0.3) is 33.4 Å². The quantitative estimate of drug-likeness (QED) is 0.357. The van der Waals surface area contributed by atoms with Crippen LogP contribution in [0.2, 0.25) is 0 Å². The molecule has 38 heavy (non-hydrogen) atoms. The molecule has 0 unspecified atom stereocenters. The van der Waals surface area contributed by atoms with Gasteiger partial charge in [-0.15, -0.1) is 0 Å². The van der Waals surface area contributed by atoms with E-state index in [-0.39, 0.29) is 9.79 Å². The molecule has 4 aromatic rings. The van der Waals surface area contributed by atoms with Crippen molar-refractivity contribution in [2.24, 2.45) is 10.3 Å². The van der Waals surface area contributed by atoms with Crippen LogP contribution in [0.4, 0.5) is 11.4 Å². The van der Waals surface area contributed by atoms with Crippen LogP contribution in [-0.2, 0) is 20.0 Å². The Balaban J connectivity index is 2.08. The van der Waals surface area contributed by atoms with E-state index < -0.39 is 20.0 Å². The van der Waals surface area contributed by atoms with E-state index in [1.54, 1.807) is 18.2 Å². The van der Waals surface area contributed by atoms with Gasteiger partial charge in [0.1, 0.15) is 0 Å². The van der Waals surface area contributed by atoms with Crippen LogP contribution in [0, 0.1) is 0 Å². The minimum atomic E-state index is -4.10. The maximum atomic E-state index is 12.8. The van der Waals surface area contributed by atoms with Gasteiger partial charge in [0.2, 0.25) is 20.0 Å². The number of benzene rings is 4. The molecule has 0 heterocycles. The second-order valence-electron chi connectivity index (χ2n) is 9.36. The van der Waals surface area contributed by atoms with Gasteiger partial charge in [-0.05, 0) is 70.3 Å². The van der Waals surface area contributed by atoms with Crippen LogP contribution in [-0.4, -0.2) is 45.0 Å². The SMILES string of the molecule is CN(C)c1ccc(-c2c(-c3ccc(S(N)(=O)=O)cc3)ccc(S(N)(=O)=O)c2-c2ccc(N(C)C)cc2)cc1. The first-order valence-corrected chi connectivity index (χ1v) is 14.7. The molecule has 4 rings (SSSR count). The summed E-state index contributed by atoms with van der Waals surface area (Å²) in [5, 5.41) is 11.0. The third-order valence-corrected chi connectivity index (χ3v) is 8.19. The van der Waals surface area contributed by atoms with Gasteiger partial charge in [0.25, 0.3) is 0 Å². The van der Waals surface area contributed by atoms with Gasteiger partial charge in [0, 0.05) is 45.1 Å². The number of nitrogens with zero attached hydrogens (tertiary/aromatic N) is 2. The van der Waals surface area contributed by atoms with E-state index in [4.69, 9.17) is 10.3 Å². The normalized spacial score (nSPS) is 11.8. The van der Waals surface area contributed by atoms with E-state index in [0.29, 0.717) is 27.8 Å². The van der Waals surface area contributed by atoms with Gasteiger partial charge in [-0.25, -0.2) is 27.1 Å². The van der Waals surface area contributed by atoms with E-state index in [2.05, 4.69) is 0 Å². The molecule has 4 aromatic carbocycles. The summed E-state index contributed by atoms with van der Waals surface area (Å²) in [6.45, 7) is 0. The van der Waals surface area contributed by atoms with Gasteiger partial charge in [-0.1, -0.05) is 42.5 Å². The summed E-state index contributed by atoms with van der Waals surface area (Å²) in [5.74, 6) is 0. The van der Waals surface area contributed by atoms with Crippen molar-refractivity contribution in [2.75, 3.05) is 38.0 Å². The third kappa shape index (κ3) is 5.58. The van der Waals surface area contributed by atoms with Crippen molar-refractivity contribution in [3.05, 3.63) is 84.9 Å². The largest absolute Gasteiger partial charge is 0.378 e. The fourth-order valence-electron chi connectivity index (χ4n) is 4.32. The number of nitrogens with two attached hydrogens (primary N) is 2. The number of sulfonamides is 2. The van der Waals surface area contributed by atoms with Crippen LogP contribution in [0.3, 0.4) is 0 Å². The fraction of sp³-hybridized carbons (Fsp3) is 0.143. The van der Waals surface area contributed by atoms with Crippen molar-refractivity contribution in [1.82, 2.24) is 0 Å². The highest BCUT2D eigenvalue weighted by molar-refractivity contribution is 7.89. The summed E-state index contributed by atoms with van der Waals surface area (Å²) >= 11 is 0. The summed E-state index contributed by atoms with van der Waals surface area (Å²) < 4.78 is 49.3. The standard InChI is InChI=1S/C28H30N4O4S2/c1-31(2)22-11-5-20(6-12-22)27-25(19-9-15-24(16-10-19)37(29,33)34)17-18-26(38(30,35)36)28(27)21-7-13-23(14-8-21)32(3)4/h5-18H,1-4H3,(H2,29,33,34)(H2,30,35,36). The molecule has 0 fully saturated rings. The zero-order valence-corrected chi connectivity index (χ0v) is 23.2. The lowest BCUT2D eigenvalue weighted by molar-refractivity contribution is 0.596. The minimum absolute atomic E-state index is 0.00769. The molecule has 0 aliphatic heterocycles. The first-order valence-electron chi connectivity index (χ1n) is 11.7. The Kier molecular flexibility index (Phi) is 7.35. The van der Waals surface area contributed by atoms with E-state index in [1.807, 2.05) is 86.5 Å². The number of hydrogen-bond donors (Lipinski definition) is 2. The maximum Gasteiger partial charge on any atom is 0.238 e. The Labute approximate surface area is 224 Å². The Morgan fingerprint density at radius 2 is 0.921 bits per heavy atom. The fourth-order valence-corrected chi connectivity index (χ4v) is 5.60. The number of anilines is 2. The molecule has 198 valence electrons. The first kappa shape index (κ1) is 27.3. The third-order valence-electron chi connectivity index (χ3n) is 6.31. The molecular weight excluding hydrogens is 520 g/mol. The number of hydrogen-bond acceptors (Lipinski definition) is 6. The second kappa shape index (κ2) is 10.2. The molecule has 0 radical (unpaired) electrons. The van der Waals surface area contributed by atoms with Crippen molar-refractivity contribution in [3.63, 3.8) is 0 Å². The molecule has 0 bridgehead atoms. The summed E-state index contributed by atoms with van der Waals surface area (Å²) in [7, 11) is -0.245. The Bertz CT molecular complexity index is 1680. The minimum Gasteiger partial charge on any atom is -0.378 e. The number of rotatable bonds is 7. The zero-order chi connectivity index (χ0) is 27.8. The monoisotopic (exact) mass is 550 g/mol. The average Bonchev–Trinajstić information content (AvgIpc) is 2.87. The van der Waals surface area contributed by atoms with Crippen LogP contribution >= 0.6 is 0 Å². The Hall–Kier alpha value is -3.70. The molecule has 0 saturated carbocycles. The highest BCUT2D eigenvalue weighted by Gasteiger charge is 2.24. The van der Waals surface area contributed by atoms with Gasteiger partial charge >= 0.3 is 0 Å². The molecule has 0 aliphatic carbocycles. The molecule has 0 aliphatic rings. The Morgan fingerprint density at radius 1 is 0.500 bits per heavy atom.